The van der Waals surface area contributed by atoms with Crippen LogP contribution in [0.25, 0.3) is 0 Å². The van der Waals surface area contributed by atoms with Gasteiger partial charge in [0.15, 0.2) is 0 Å². The summed E-state index contributed by atoms with van der Waals surface area (Å²) in [6.45, 7) is 5.57. The van der Waals surface area contributed by atoms with Gasteiger partial charge in [-0.15, -0.1) is 0 Å². The lowest BCUT2D eigenvalue weighted by molar-refractivity contribution is 0.409. The van der Waals surface area contributed by atoms with E-state index in [1.165, 1.54) is 5.56 Å². The van der Waals surface area contributed by atoms with Crippen molar-refractivity contribution in [3.63, 3.8) is 0 Å². The van der Waals surface area contributed by atoms with Gasteiger partial charge < -0.3 is 5.32 Å². The molecule has 0 aromatic heterocycles. The molecule has 1 heterocycles. The van der Waals surface area contributed by atoms with Crippen molar-refractivity contribution in [2.24, 2.45) is 0 Å². The largest absolute Gasteiger partial charge is 0.310 e. The first-order valence-corrected chi connectivity index (χ1v) is 8.77. The van der Waals surface area contributed by atoms with Gasteiger partial charge >= 0.3 is 0 Å². The summed E-state index contributed by atoms with van der Waals surface area (Å²) < 4.78 is 27.2. The Labute approximate surface area is 122 Å². The molecule has 0 amide bonds. The Kier molecular flexibility index (Phi) is 4.83. The summed E-state index contributed by atoms with van der Waals surface area (Å²) in [4.78, 5) is 0.346. The summed E-state index contributed by atoms with van der Waals surface area (Å²) in [7, 11) is -3.41. The maximum atomic E-state index is 12.3. The highest BCUT2D eigenvalue weighted by Gasteiger charge is 2.29. The van der Waals surface area contributed by atoms with Gasteiger partial charge in [-0.05, 0) is 50.4 Å². The van der Waals surface area contributed by atoms with Gasteiger partial charge in [0.1, 0.15) is 0 Å². The van der Waals surface area contributed by atoms with Crippen LogP contribution in [0.2, 0.25) is 0 Å². The Balaban J connectivity index is 2.02. The van der Waals surface area contributed by atoms with Gasteiger partial charge in [0, 0.05) is 12.1 Å². The highest BCUT2D eigenvalue weighted by Crippen LogP contribution is 2.18. The Morgan fingerprint density at radius 1 is 1.30 bits per heavy atom. The van der Waals surface area contributed by atoms with Gasteiger partial charge in [0.05, 0.1) is 4.90 Å². The van der Waals surface area contributed by atoms with Gasteiger partial charge in [-0.3, -0.25) is 0 Å². The van der Waals surface area contributed by atoms with E-state index in [0.717, 1.165) is 32.2 Å². The van der Waals surface area contributed by atoms with Crippen LogP contribution in [-0.4, -0.2) is 27.0 Å². The summed E-state index contributed by atoms with van der Waals surface area (Å²) in [6, 6.07) is 7.18. The lowest BCUT2D eigenvalue weighted by Gasteiger charge is -2.24. The fourth-order valence-electron chi connectivity index (χ4n) is 2.57. The Morgan fingerprint density at radius 3 is 2.55 bits per heavy atom. The summed E-state index contributed by atoms with van der Waals surface area (Å²) in [5.41, 5.74) is 1.06. The molecule has 2 rings (SSSR count). The van der Waals surface area contributed by atoms with Gasteiger partial charge in [0.2, 0.25) is 10.0 Å². The predicted octanol–water partition coefficient (Wildman–Crippen LogP) is 2.06. The molecule has 4 nitrogen and oxygen atoms in total. The van der Waals surface area contributed by atoms with Crippen LogP contribution >= 0.6 is 0 Å². The molecular weight excluding hydrogens is 272 g/mol. The van der Waals surface area contributed by atoms with Crippen molar-refractivity contribution in [3.05, 3.63) is 29.8 Å². The molecule has 1 unspecified atom stereocenters. The number of rotatable bonds is 6. The van der Waals surface area contributed by atoms with Crippen molar-refractivity contribution in [1.29, 1.82) is 0 Å². The number of aryl methyl sites for hydroxylation is 1. The van der Waals surface area contributed by atoms with E-state index < -0.39 is 10.0 Å². The van der Waals surface area contributed by atoms with E-state index in [2.05, 4.69) is 23.9 Å². The molecule has 1 saturated heterocycles. The predicted molar refractivity (Wildman–Crippen MR) is 81.3 cm³/mol. The molecule has 1 aromatic carbocycles. The highest BCUT2D eigenvalue weighted by atomic mass is 32.2. The highest BCUT2D eigenvalue weighted by molar-refractivity contribution is 7.89. The molecule has 5 heteroatoms. The maximum absolute atomic E-state index is 12.3. The van der Waals surface area contributed by atoms with Crippen LogP contribution in [0.3, 0.4) is 0 Å². The van der Waals surface area contributed by atoms with E-state index in [-0.39, 0.29) is 5.54 Å². The molecule has 0 aliphatic carbocycles. The number of hydrogen-bond acceptors (Lipinski definition) is 3. The summed E-state index contributed by atoms with van der Waals surface area (Å²) >= 11 is 0. The third-order valence-electron chi connectivity index (χ3n) is 3.88. The van der Waals surface area contributed by atoms with E-state index >= 15 is 0 Å². The van der Waals surface area contributed by atoms with Gasteiger partial charge in [-0.2, -0.15) is 0 Å². The zero-order valence-corrected chi connectivity index (χ0v) is 13.1. The number of benzene rings is 1. The Morgan fingerprint density at radius 2 is 2.00 bits per heavy atom. The summed E-state index contributed by atoms with van der Waals surface area (Å²) in [5, 5.41) is 3.36. The Bertz CT molecular complexity index is 531. The van der Waals surface area contributed by atoms with Crippen molar-refractivity contribution in [3.8, 4) is 0 Å². The first kappa shape index (κ1) is 15.5. The molecular formula is C15H24N2O2S. The van der Waals surface area contributed by atoms with Gasteiger partial charge in [0.25, 0.3) is 0 Å². The average Bonchev–Trinajstić information content (AvgIpc) is 2.85. The van der Waals surface area contributed by atoms with Crippen molar-refractivity contribution in [1.82, 2.24) is 10.0 Å². The summed E-state index contributed by atoms with van der Waals surface area (Å²) in [5.74, 6) is 0. The van der Waals surface area contributed by atoms with Crippen LogP contribution in [-0.2, 0) is 16.4 Å². The maximum Gasteiger partial charge on any atom is 0.240 e. The molecule has 2 N–H and O–H groups in total. The third-order valence-corrected chi connectivity index (χ3v) is 5.30. The van der Waals surface area contributed by atoms with E-state index in [1.807, 2.05) is 12.1 Å². The number of nitrogens with one attached hydrogen (secondary N) is 2. The second-order valence-electron chi connectivity index (χ2n) is 5.81. The second-order valence-corrected chi connectivity index (χ2v) is 7.58. The van der Waals surface area contributed by atoms with Crippen molar-refractivity contribution in [2.45, 2.75) is 50.0 Å². The molecule has 0 bridgehead atoms. The van der Waals surface area contributed by atoms with E-state index in [1.54, 1.807) is 12.1 Å². The van der Waals surface area contributed by atoms with Crippen LogP contribution in [0.1, 0.15) is 38.7 Å². The third kappa shape index (κ3) is 3.81. The number of sulfonamides is 1. The molecule has 0 saturated carbocycles. The van der Waals surface area contributed by atoms with E-state index in [0.29, 0.717) is 11.4 Å². The van der Waals surface area contributed by atoms with Crippen LogP contribution in [0.4, 0.5) is 0 Å². The normalized spacial score (nSPS) is 23.1. The molecule has 1 aliphatic rings. The quantitative estimate of drug-likeness (QED) is 0.845. The standard InChI is InChI=1S/C15H24N2O2S/c1-3-5-13-6-8-14(9-7-13)20(18,19)17-12-15(2)10-4-11-16-15/h6-9,16-17H,3-5,10-12H2,1-2H3. The molecule has 1 fully saturated rings. The SMILES string of the molecule is CCCc1ccc(S(=O)(=O)NCC2(C)CCCN2)cc1. The average molecular weight is 296 g/mol. The van der Waals surface area contributed by atoms with Gasteiger partial charge in [-0.25, -0.2) is 13.1 Å². The first-order chi connectivity index (χ1) is 9.45. The lowest BCUT2D eigenvalue weighted by Crippen LogP contribution is -2.47. The van der Waals surface area contributed by atoms with Crippen LogP contribution < -0.4 is 10.0 Å². The van der Waals surface area contributed by atoms with Gasteiger partial charge in [-0.1, -0.05) is 25.5 Å². The molecule has 1 aliphatic heterocycles. The molecule has 0 radical (unpaired) electrons. The summed E-state index contributed by atoms with van der Waals surface area (Å²) in [6.07, 6.45) is 4.15. The number of hydrogen-bond donors (Lipinski definition) is 2. The van der Waals surface area contributed by atoms with Crippen molar-refractivity contribution >= 4 is 10.0 Å². The fourth-order valence-corrected chi connectivity index (χ4v) is 3.74. The monoisotopic (exact) mass is 296 g/mol. The molecule has 1 atom stereocenters. The molecule has 112 valence electrons. The molecule has 0 spiro atoms. The van der Waals surface area contributed by atoms with E-state index in [9.17, 15) is 8.42 Å². The molecule has 1 aromatic rings. The minimum absolute atomic E-state index is 0.116. The van der Waals surface area contributed by atoms with Crippen molar-refractivity contribution in [2.75, 3.05) is 13.1 Å². The van der Waals surface area contributed by atoms with Crippen molar-refractivity contribution < 1.29 is 8.42 Å². The van der Waals surface area contributed by atoms with E-state index in [4.69, 9.17) is 0 Å². The molecule has 20 heavy (non-hydrogen) atoms. The topological polar surface area (TPSA) is 58.2 Å². The Hall–Kier alpha value is -0.910. The minimum atomic E-state index is -3.41. The fraction of sp³-hybridized carbons (Fsp3) is 0.600. The lowest BCUT2D eigenvalue weighted by atomic mass is 10.0. The second kappa shape index (κ2) is 6.24. The zero-order chi connectivity index (χ0) is 14.6. The first-order valence-electron chi connectivity index (χ1n) is 7.29. The van der Waals surface area contributed by atoms with Crippen LogP contribution in [0, 0.1) is 0 Å². The minimum Gasteiger partial charge on any atom is -0.310 e. The van der Waals surface area contributed by atoms with Crippen LogP contribution in [0.5, 0.6) is 0 Å². The zero-order valence-electron chi connectivity index (χ0n) is 12.3. The smallest absolute Gasteiger partial charge is 0.240 e. The van der Waals surface area contributed by atoms with Crippen LogP contribution in [0.15, 0.2) is 29.2 Å².